The zero-order chi connectivity index (χ0) is 22.9. The summed E-state index contributed by atoms with van der Waals surface area (Å²) in [5, 5.41) is 6.00. The molecule has 8 heteroatoms. The van der Waals surface area contributed by atoms with Crippen LogP contribution in [0.5, 0.6) is 0 Å². The molecular formula is C24H28N4O3S. The van der Waals surface area contributed by atoms with Crippen LogP contribution in [0.1, 0.15) is 33.4 Å². The van der Waals surface area contributed by atoms with E-state index in [-0.39, 0.29) is 5.03 Å². The second-order valence-corrected chi connectivity index (χ2v) is 10.1. The van der Waals surface area contributed by atoms with Gasteiger partial charge in [-0.3, -0.25) is 14.8 Å². The number of hydrogen-bond acceptors (Lipinski definition) is 5. The molecule has 32 heavy (non-hydrogen) atoms. The predicted octanol–water partition coefficient (Wildman–Crippen LogP) is 2.81. The molecule has 1 amide bonds. The van der Waals surface area contributed by atoms with E-state index in [0.29, 0.717) is 19.5 Å². The van der Waals surface area contributed by atoms with Crippen LogP contribution in [0.3, 0.4) is 0 Å². The van der Waals surface area contributed by atoms with E-state index < -0.39 is 22.0 Å². The third kappa shape index (κ3) is 4.61. The van der Waals surface area contributed by atoms with Crippen LogP contribution in [0.4, 0.5) is 0 Å². The summed E-state index contributed by atoms with van der Waals surface area (Å²) in [6.45, 7) is 7.47. The Hall–Kier alpha value is -2.97. The van der Waals surface area contributed by atoms with Crippen molar-refractivity contribution in [1.29, 1.82) is 0 Å². The summed E-state index contributed by atoms with van der Waals surface area (Å²) in [7, 11) is -4.04. The number of aromatic nitrogens is 2. The molecule has 0 radical (unpaired) electrons. The van der Waals surface area contributed by atoms with Gasteiger partial charge in [0.2, 0.25) is 0 Å². The summed E-state index contributed by atoms with van der Waals surface area (Å²) in [6.07, 6.45) is 2.66. The quantitative estimate of drug-likeness (QED) is 0.621. The van der Waals surface area contributed by atoms with E-state index in [4.69, 9.17) is 0 Å². The number of nitrogens with one attached hydrogen (secondary N) is 2. The lowest BCUT2D eigenvalue weighted by molar-refractivity contribution is -0.124. The molecule has 7 nitrogen and oxygen atoms in total. The topological polar surface area (TPSA) is 95.2 Å². The highest BCUT2D eigenvalue weighted by Gasteiger charge is 2.33. The van der Waals surface area contributed by atoms with Crippen LogP contribution in [0, 0.1) is 20.8 Å². The van der Waals surface area contributed by atoms with Crippen LogP contribution in [0.25, 0.3) is 0 Å². The van der Waals surface area contributed by atoms with Crippen molar-refractivity contribution in [2.75, 3.05) is 6.54 Å². The van der Waals surface area contributed by atoms with E-state index in [9.17, 15) is 13.2 Å². The summed E-state index contributed by atoms with van der Waals surface area (Å²) >= 11 is 0. The Bertz CT molecular complexity index is 1210. The number of hydrogen-bond donors (Lipinski definition) is 2. The SMILES string of the molecule is Cc1cc(C)c(CN2CCc3ccccc3CC2C(=O)NS(=O)(=O)c2cc[nH]n2)c(C)c1. The lowest BCUT2D eigenvalue weighted by Gasteiger charge is -2.30. The number of H-pyrrole nitrogens is 1. The fourth-order valence-electron chi connectivity index (χ4n) is 4.52. The second-order valence-electron chi connectivity index (χ2n) is 8.47. The first-order chi connectivity index (χ1) is 15.2. The standard InChI is InChI=1S/C24H28N4O3S/c1-16-12-17(2)21(18(3)13-16)15-28-11-9-19-6-4-5-7-20(19)14-22(28)24(29)27-32(30,31)23-8-10-25-26-23/h4-8,10,12-13,22H,9,11,14-15H2,1-3H3,(H,25,26)(H,27,29). The van der Waals surface area contributed by atoms with Gasteiger partial charge >= 0.3 is 0 Å². The Kier molecular flexibility index (Phi) is 6.17. The Morgan fingerprint density at radius 2 is 1.81 bits per heavy atom. The number of sulfonamides is 1. The van der Waals surface area contributed by atoms with Gasteiger partial charge in [-0.05, 0) is 67.5 Å². The molecule has 1 atom stereocenters. The molecule has 3 aromatic rings. The fourth-order valence-corrected chi connectivity index (χ4v) is 5.44. The molecular weight excluding hydrogens is 424 g/mol. The molecule has 168 valence electrons. The zero-order valence-corrected chi connectivity index (χ0v) is 19.4. The summed E-state index contributed by atoms with van der Waals surface area (Å²) in [6, 6.07) is 13.1. The molecule has 1 aliphatic rings. The van der Waals surface area contributed by atoms with E-state index in [1.54, 1.807) is 0 Å². The molecule has 0 spiro atoms. The average molecular weight is 453 g/mol. The highest BCUT2D eigenvalue weighted by atomic mass is 32.2. The number of carbonyl (C=O) groups is 1. The first kappa shape index (κ1) is 22.2. The number of rotatable bonds is 5. The van der Waals surface area contributed by atoms with Gasteiger partial charge in [0.1, 0.15) is 0 Å². The van der Waals surface area contributed by atoms with Crippen LogP contribution < -0.4 is 4.72 Å². The molecule has 2 heterocycles. The molecule has 0 saturated heterocycles. The number of aryl methyl sites for hydroxylation is 3. The molecule has 4 rings (SSSR count). The van der Waals surface area contributed by atoms with Gasteiger partial charge in [-0.25, -0.2) is 4.72 Å². The Labute approximate surface area is 188 Å². The maximum absolute atomic E-state index is 13.3. The molecule has 0 saturated carbocycles. The molecule has 2 N–H and O–H groups in total. The van der Waals surface area contributed by atoms with Crippen molar-refractivity contribution in [3.63, 3.8) is 0 Å². The Morgan fingerprint density at radius 1 is 1.12 bits per heavy atom. The van der Waals surface area contributed by atoms with Crippen molar-refractivity contribution in [2.24, 2.45) is 0 Å². The van der Waals surface area contributed by atoms with Crippen molar-refractivity contribution < 1.29 is 13.2 Å². The smallest absolute Gasteiger partial charge is 0.283 e. The minimum atomic E-state index is -4.04. The van der Waals surface area contributed by atoms with Gasteiger partial charge in [-0.15, -0.1) is 0 Å². The van der Waals surface area contributed by atoms with Crippen LogP contribution in [0.2, 0.25) is 0 Å². The average Bonchev–Trinajstić information content (AvgIpc) is 3.21. The molecule has 2 aromatic carbocycles. The number of carbonyl (C=O) groups excluding carboxylic acids is 1. The van der Waals surface area contributed by atoms with Crippen molar-refractivity contribution in [1.82, 2.24) is 19.8 Å². The van der Waals surface area contributed by atoms with Gasteiger partial charge in [-0.2, -0.15) is 13.5 Å². The summed E-state index contributed by atoms with van der Waals surface area (Å²) < 4.78 is 27.6. The van der Waals surface area contributed by atoms with Gasteiger partial charge in [0.05, 0.1) is 6.04 Å². The third-order valence-corrected chi connectivity index (χ3v) is 7.38. The van der Waals surface area contributed by atoms with E-state index >= 15 is 0 Å². The van der Waals surface area contributed by atoms with Crippen LogP contribution in [0.15, 0.2) is 53.7 Å². The van der Waals surface area contributed by atoms with Crippen molar-refractivity contribution in [3.8, 4) is 0 Å². The van der Waals surface area contributed by atoms with Crippen LogP contribution in [-0.4, -0.2) is 42.0 Å². The van der Waals surface area contributed by atoms with E-state index in [0.717, 1.165) is 12.0 Å². The molecule has 1 unspecified atom stereocenters. The van der Waals surface area contributed by atoms with Crippen LogP contribution in [-0.2, 0) is 34.2 Å². The Balaban J connectivity index is 1.67. The monoisotopic (exact) mass is 452 g/mol. The summed E-state index contributed by atoms with van der Waals surface area (Å²) in [4.78, 5) is 15.4. The van der Waals surface area contributed by atoms with E-state index in [2.05, 4.69) is 58.8 Å². The molecule has 0 aliphatic carbocycles. The van der Waals surface area contributed by atoms with Gasteiger partial charge in [0.25, 0.3) is 15.9 Å². The molecule has 0 bridgehead atoms. The first-order valence-corrected chi connectivity index (χ1v) is 12.2. The summed E-state index contributed by atoms with van der Waals surface area (Å²) in [5.74, 6) is -0.535. The predicted molar refractivity (Wildman–Crippen MR) is 123 cm³/mol. The van der Waals surface area contributed by atoms with Gasteiger partial charge in [-0.1, -0.05) is 42.0 Å². The minimum absolute atomic E-state index is 0.198. The maximum atomic E-state index is 13.3. The highest BCUT2D eigenvalue weighted by molar-refractivity contribution is 7.90. The number of aromatic amines is 1. The van der Waals surface area contributed by atoms with Crippen molar-refractivity contribution >= 4 is 15.9 Å². The van der Waals surface area contributed by atoms with Crippen molar-refractivity contribution in [2.45, 2.75) is 51.2 Å². The Morgan fingerprint density at radius 3 is 2.47 bits per heavy atom. The van der Waals surface area contributed by atoms with E-state index in [1.165, 1.54) is 40.1 Å². The van der Waals surface area contributed by atoms with Gasteiger partial charge in [0.15, 0.2) is 5.03 Å². The first-order valence-electron chi connectivity index (χ1n) is 10.7. The highest BCUT2D eigenvalue weighted by Crippen LogP contribution is 2.25. The number of nitrogens with zero attached hydrogens (tertiary/aromatic N) is 2. The van der Waals surface area contributed by atoms with Crippen molar-refractivity contribution in [3.05, 3.63) is 82.0 Å². The largest absolute Gasteiger partial charge is 0.287 e. The number of amides is 1. The molecule has 1 aliphatic heterocycles. The third-order valence-electron chi connectivity index (χ3n) is 6.13. The number of benzene rings is 2. The molecule has 0 fully saturated rings. The lowest BCUT2D eigenvalue weighted by atomic mass is 9.98. The lowest BCUT2D eigenvalue weighted by Crippen LogP contribution is -2.49. The van der Waals surface area contributed by atoms with Crippen LogP contribution >= 0.6 is 0 Å². The van der Waals surface area contributed by atoms with E-state index in [1.807, 2.05) is 18.2 Å². The van der Waals surface area contributed by atoms with Gasteiger partial charge < -0.3 is 0 Å². The number of fused-ring (bicyclic) bond motifs is 1. The normalized spacial score (nSPS) is 16.9. The second kappa shape index (κ2) is 8.88. The van der Waals surface area contributed by atoms with Gasteiger partial charge in [0, 0.05) is 19.3 Å². The summed E-state index contributed by atoms with van der Waals surface area (Å²) in [5.41, 5.74) is 6.99. The fraction of sp³-hybridized carbons (Fsp3) is 0.333. The molecule has 1 aromatic heterocycles. The zero-order valence-electron chi connectivity index (χ0n) is 18.6. The minimum Gasteiger partial charge on any atom is -0.287 e. The maximum Gasteiger partial charge on any atom is 0.283 e.